The number of carbonyl (C=O) groups is 1. The molecule has 3 aromatic rings. The Hall–Kier alpha value is -2.95. The highest BCUT2D eigenvalue weighted by Crippen LogP contribution is 2.23. The number of carbonyl (C=O) groups excluding carboxylic acids is 1. The van der Waals surface area contributed by atoms with E-state index in [1.54, 1.807) is 42.6 Å². The second-order valence-electron chi connectivity index (χ2n) is 4.46. The summed E-state index contributed by atoms with van der Waals surface area (Å²) in [6.07, 6.45) is 1.61. The summed E-state index contributed by atoms with van der Waals surface area (Å²) < 4.78 is 10.2. The van der Waals surface area contributed by atoms with Crippen molar-refractivity contribution in [3.05, 3.63) is 59.1 Å². The van der Waals surface area contributed by atoms with Crippen LogP contribution in [0.5, 0.6) is 5.75 Å². The Bertz CT molecular complexity index is 868. The van der Waals surface area contributed by atoms with E-state index >= 15 is 0 Å². The molecule has 5 heteroatoms. The number of hydrogen-bond acceptors (Lipinski definition) is 5. The number of rotatable bonds is 2. The highest BCUT2D eigenvalue weighted by atomic mass is 16.5. The molecule has 2 aromatic heterocycles. The summed E-state index contributed by atoms with van der Waals surface area (Å²) in [5, 5.41) is 0.728. The highest BCUT2D eigenvalue weighted by Gasteiger charge is 2.09. The predicted molar refractivity (Wildman–Crippen MR) is 77.0 cm³/mol. The molecule has 0 bridgehead atoms. The fraction of sp³-hybridized carbons (Fsp3) is 0.0625. The Balaban J connectivity index is 2.13. The average Bonchev–Trinajstić information content (AvgIpc) is 2.46. The lowest BCUT2D eigenvalue weighted by Crippen LogP contribution is -2.04. The summed E-state index contributed by atoms with van der Waals surface area (Å²) in [5.74, 6) is -0.0921. The average molecular weight is 281 g/mol. The molecule has 104 valence electrons. The highest BCUT2D eigenvalue weighted by molar-refractivity contribution is 5.83. The Morgan fingerprint density at radius 2 is 2.05 bits per heavy atom. The van der Waals surface area contributed by atoms with Crippen molar-refractivity contribution in [2.24, 2.45) is 0 Å². The first-order chi connectivity index (χ1) is 10.1. The molecule has 0 aliphatic rings. The van der Waals surface area contributed by atoms with Crippen molar-refractivity contribution in [3.8, 4) is 17.0 Å². The molecule has 5 nitrogen and oxygen atoms in total. The van der Waals surface area contributed by atoms with Crippen LogP contribution in [0, 0.1) is 0 Å². The number of hydrogen-bond donors (Lipinski definition) is 0. The molecule has 0 saturated heterocycles. The maximum atomic E-state index is 12.1. The minimum atomic E-state index is -0.485. The SMILES string of the molecule is CC(=O)Oc1ccc2cc(-c3ccccn3)c(=O)oc2c1. The Labute approximate surface area is 119 Å². The maximum absolute atomic E-state index is 12.1. The molecule has 21 heavy (non-hydrogen) atoms. The third-order valence-electron chi connectivity index (χ3n) is 2.91. The van der Waals surface area contributed by atoms with Gasteiger partial charge in [0.15, 0.2) is 0 Å². The molecule has 0 amide bonds. The zero-order valence-electron chi connectivity index (χ0n) is 11.2. The van der Waals surface area contributed by atoms with Crippen molar-refractivity contribution in [2.75, 3.05) is 0 Å². The van der Waals surface area contributed by atoms with Gasteiger partial charge < -0.3 is 9.15 Å². The number of benzene rings is 1. The van der Waals surface area contributed by atoms with Crippen molar-refractivity contribution in [2.45, 2.75) is 6.92 Å². The molecule has 2 heterocycles. The van der Waals surface area contributed by atoms with Crippen molar-refractivity contribution < 1.29 is 13.9 Å². The predicted octanol–water partition coefficient (Wildman–Crippen LogP) is 2.78. The third kappa shape index (κ3) is 2.67. The van der Waals surface area contributed by atoms with E-state index < -0.39 is 11.6 Å². The second-order valence-corrected chi connectivity index (χ2v) is 4.46. The van der Waals surface area contributed by atoms with Gasteiger partial charge in [0.2, 0.25) is 0 Å². The number of ether oxygens (including phenoxy) is 1. The van der Waals surface area contributed by atoms with Gasteiger partial charge >= 0.3 is 11.6 Å². The van der Waals surface area contributed by atoms with Crippen LogP contribution in [0.1, 0.15) is 6.92 Å². The smallest absolute Gasteiger partial charge is 0.345 e. The van der Waals surface area contributed by atoms with Gasteiger partial charge in [-0.05, 0) is 30.3 Å². The van der Waals surface area contributed by atoms with Crippen LogP contribution in [0.2, 0.25) is 0 Å². The minimum Gasteiger partial charge on any atom is -0.427 e. The molecule has 0 spiro atoms. The first-order valence-corrected chi connectivity index (χ1v) is 6.31. The lowest BCUT2D eigenvalue weighted by molar-refractivity contribution is -0.131. The molecule has 0 unspecified atom stereocenters. The van der Waals surface area contributed by atoms with E-state index in [0.717, 1.165) is 5.39 Å². The van der Waals surface area contributed by atoms with E-state index in [4.69, 9.17) is 9.15 Å². The van der Waals surface area contributed by atoms with E-state index in [1.807, 2.05) is 0 Å². The van der Waals surface area contributed by atoms with Crippen LogP contribution in [-0.2, 0) is 4.79 Å². The van der Waals surface area contributed by atoms with E-state index in [1.165, 1.54) is 13.0 Å². The normalized spacial score (nSPS) is 10.5. The number of esters is 1. The van der Waals surface area contributed by atoms with E-state index in [2.05, 4.69) is 4.98 Å². The van der Waals surface area contributed by atoms with Crippen LogP contribution >= 0.6 is 0 Å². The minimum absolute atomic E-state index is 0.337. The topological polar surface area (TPSA) is 69.4 Å². The Morgan fingerprint density at radius 1 is 1.19 bits per heavy atom. The fourth-order valence-corrected chi connectivity index (χ4v) is 2.02. The molecular formula is C16H11NO4. The van der Waals surface area contributed by atoms with Crippen LogP contribution in [0.4, 0.5) is 0 Å². The van der Waals surface area contributed by atoms with Crippen LogP contribution in [0.3, 0.4) is 0 Å². The second kappa shape index (κ2) is 5.20. The number of fused-ring (bicyclic) bond motifs is 1. The van der Waals surface area contributed by atoms with Gasteiger partial charge in [-0.1, -0.05) is 6.07 Å². The summed E-state index contributed by atoms with van der Waals surface area (Å²) >= 11 is 0. The molecule has 0 radical (unpaired) electrons. The Morgan fingerprint density at radius 3 is 2.76 bits per heavy atom. The largest absolute Gasteiger partial charge is 0.427 e. The summed E-state index contributed by atoms with van der Waals surface area (Å²) in [6, 6.07) is 11.9. The van der Waals surface area contributed by atoms with E-state index in [0.29, 0.717) is 22.6 Å². The molecule has 0 saturated carbocycles. The molecule has 1 aromatic carbocycles. The summed E-state index contributed by atoms with van der Waals surface area (Å²) in [6.45, 7) is 1.31. The molecule has 0 fully saturated rings. The van der Waals surface area contributed by atoms with Gasteiger partial charge in [-0.2, -0.15) is 0 Å². The number of nitrogens with zero attached hydrogens (tertiary/aromatic N) is 1. The van der Waals surface area contributed by atoms with Crippen LogP contribution in [-0.4, -0.2) is 11.0 Å². The molecule has 0 N–H and O–H groups in total. The van der Waals surface area contributed by atoms with E-state index in [-0.39, 0.29) is 0 Å². The zero-order valence-corrected chi connectivity index (χ0v) is 11.2. The van der Waals surface area contributed by atoms with Crippen LogP contribution < -0.4 is 10.4 Å². The number of aromatic nitrogens is 1. The van der Waals surface area contributed by atoms with Crippen LogP contribution in [0.15, 0.2) is 57.9 Å². The number of pyridine rings is 1. The summed E-state index contributed by atoms with van der Waals surface area (Å²) in [4.78, 5) is 27.1. The zero-order chi connectivity index (χ0) is 14.8. The van der Waals surface area contributed by atoms with Crippen LogP contribution in [0.25, 0.3) is 22.2 Å². The quantitative estimate of drug-likeness (QED) is 0.410. The molecule has 0 atom stereocenters. The molecule has 0 aliphatic carbocycles. The maximum Gasteiger partial charge on any atom is 0.345 e. The molecular weight excluding hydrogens is 270 g/mol. The monoisotopic (exact) mass is 281 g/mol. The van der Waals surface area contributed by atoms with Gasteiger partial charge in [-0.25, -0.2) is 4.79 Å². The molecule has 0 aliphatic heterocycles. The third-order valence-corrected chi connectivity index (χ3v) is 2.91. The van der Waals surface area contributed by atoms with Gasteiger partial charge in [0, 0.05) is 24.6 Å². The lowest BCUT2D eigenvalue weighted by Gasteiger charge is -2.04. The van der Waals surface area contributed by atoms with Crippen molar-refractivity contribution in [3.63, 3.8) is 0 Å². The Kier molecular flexibility index (Phi) is 3.23. The van der Waals surface area contributed by atoms with Gasteiger partial charge in [0.25, 0.3) is 0 Å². The van der Waals surface area contributed by atoms with Gasteiger partial charge in [-0.3, -0.25) is 9.78 Å². The summed E-state index contributed by atoms with van der Waals surface area (Å²) in [7, 11) is 0. The first-order valence-electron chi connectivity index (χ1n) is 6.31. The lowest BCUT2D eigenvalue weighted by atomic mass is 10.1. The van der Waals surface area contributed by atoms with E-state index in [9.17, 15) is 9.59 Å². The van der Waals surface area contributed by atoms with Crippen molar-refractivity contribution >= 4 is 16.9 Å². The van der Waals surface area contributed by atoms with Gasteiger partial charge in [0.1, 0.15) is 11.3 Å². The molecule has 3 rings (SSSR count). The summed E-state index contributed by atoms with van der Waals surface area (Å²) in [5.41, 5.74) is 0.820. The standard InChI is InChI=1S/C16H11NO4/c1-10(18)20-12-6-5-11-8-13(14-4-2-3-7-17-14)16(19)21-15(11)9-12/h2-9H,1H3. The van der Waals surface area contributed by atoms with Crippen molar-refractivity contribution in [1.29, 1.82) is 0 Å². The van der Waals surface area contributed by atoms with Gasteiger partial charge in [0.05, 0.1) is 11.3 Å². The fourth-order valence-electron chi connectivity index (χ4n) is 2.02. The first kappa shape index (κ1) is 13.1. The van der Waals surface area contributed by atoms with Gasteiger partial charge in [-0.15, -0.1) is 0 Å². The van der Waals surface area contributed by atoms with Crippen molar-refractivity contribution in [1.82, 2.24) is 4.98 Å².